The van der Waals surface area contributed by atoms with Crippen LogP contribution in [0.1, 0.15) is 0 Å². The Morgan fingerprint density at radius 1 is 0.286 bits per heavy atom. The fourth-order valence-corrected chi connectivity index (χ4v) is 7.76. The molecule has 1 heteroatoms. The lowest BCUT2D eigenvalue weighted by Crippen LogP contribution is -1.91. The predicted molar refractivity (Wildman–Crippen MR) is 208 cm³/mol. The summed E-state index contributed by atoms with van der Waals surface area (Å²) >= 11 is 0. The van der Waals surface area contributed by atoms with Gasteiger partial charge in [0.05, 0.1) is 0 Å². The van der Waals surface area contributed by atoms with Crippen LogP contribution in [0.25, 0.3) is 98.8 Å². The zero-order valence-corrected chi connectivity index (χ0v) is 26.7. The van der Waals surface area contributed by atoms with Crippen LogP contribution >= 0.6 is 0 Å². The first kappa shape index (κ1) is 27.7. The maximum Gasteiger partial charge on any atom is 0.136 e. The minimum Gasteiger partial charge on any atom is -0.456 e. The third kappa shape index (κ3) is 4.47. The Bertz CT molecular complexity index is 2780. The van der Waals surface area contributed by atoms with E-state index < -0.39 is 0 Å². The molecular weight excluding hydrogens is 593 g/mol. The summed E-state index contributed by atoms with van der Waals surface area (Å²) in [4.78, 5) is 0. The molecule has 0 amide bonds. The van der Waals surface area contributed by atoms with E-state index in [1.165, 1.54) is 76.8 Å². The Kier molecular flexibility index (Phi) is 6.25. The van der Waals surface area contributed by atoms with E-state index >= 15 is 0 Å². The van der Waals surface area contributed by atoms with Crippen molar-refractivity contribution < 1.29 is 4.42 Å². The van der Waals surface area contributed by atoms with Gasteiger partial charge in [0, 0.05) is 10.8 Å². The largest absolute Gasteiger partial charge is 0.456 e. The molecule has 1 nitrogen and oxygen atoms in total. The van der Waals surface area contributed by atoms with Gasteiger partial charge < -0.3 is 4.42 Å². The minimum absolute atomic E-state index is 0.910. The third-order valence-electron chi connectivity index (χ3n) is 10.1. The molecule has 10 aromatic rings. The Morgan fingerprint density at radius 3 is 1.35 bits per heavy atom. The monoisotopic (exact) mass is 622 g/mol. The van der Waals surface area contributed by atoms with Crippen molar-refractivity contribution in [3.8, 4) is 44.5 Å². The van der Waals surface area contributed by atoms with E-state index in [2.05, 4.69) is 182 Å². The van der Waals surface area contributed by atoms with Crippen molar-refractivity contribution in [2.45, 2.75) is 0 Å². The normalized spacial score (nSPS) is 11.7. The molecule has 0 radical (unpaired) electrons. The topological polar surface area (TPSA) is 13.1 Å². The molecule has 0 atom stereocenters. The third-order valence-corrected chi connectivity index (χ3v) is 10.1. The molecule has 0 fully saturated rings. The summed E-state index contributed by atoms with van der Waals surface area (Å²) in [7, 11) is 0. The van der Waals surface area contributed by atoms with Gasteiger partial charge in [-0.1, -0.05) is 164 Å². The quantitative estimate of drug-likeness (QED) is 0.178. The fraction of sp³-hybridized carbons (Fsp3) is 0. The second-order valence-electron chi connectivity index (χ2n) is 12.8. The van der Waals surface area contributed by atoms with Crippen molar-refractivity contribution >= 4 is 54.3 Å². The molecule has 0 spiro atoms. The summed E-state index contributed by atoms with van der Waals surface area (Å²) in [5, 5.41) is 9.67. The van der Waals surface area contributed by atoms with Gasteiger partial charge in [0.15, 0.2) is 0 Å². The number of hydrogen-bond donors (Lipinski definition) is 0. The second kappa shape index (κ2) is 11.1. The number of furan rings is 1. The highest BCUT2D eigenvalue weighted by atomic mass is 16.3. The van der Waals surface area contributed by atoms with E-state index in [1.54, 1.807) is 0 Å². The molecule has 228 valence electrons. The molecule has 0 bridgehead atoms. The zero-order valence-electron chi connectivity index (χ0n) is 26.7. The summed E-state index contributed by atoms with van der Waals surface area (Å²) in [6, 6.07) is 65.7. The van der Waals surface area contributed by atoms with Crippen LogP contribution < -0.4 is 0 Å². The molecule has 0 aliphatic rings. The summed E-state index contributed by atoms with van der Waals surface area (Å²) in [6.45, 7) is 0. The average molecular weight is 623 g/mol. The standard InChI is InChI=1S/C48H30O/c1-2-11-31(12-3-1)32-21-23-33(24-22-32)34-25-27-35(28-26-34)46-38-15-6-8-17-40(38)47(41-18-9-7-16-39(41)46)42-19-10-20-44-48(42)43-29-36-13-4-5-14-37(36)30-45(43)49-44/h1-30H. The van der Waals surface area contributed by atoms with Crippen LogP contribution in [0.4, 0.5) is 0 Å². The first-order chi connectivity index (χ1) is 24.3. The van der Waals surface area contributed by atoms with Gasteiger partial charge in [-0.15, -0.1) is 0 Å². The molecule has 1 heterocycles. The van der Waals surface area contributed by atoms with Crippen molar-refractivity contribution in [2.75, 3.05) is 0 Å². The average Bonchev–Trinajstić information content (AvgIpc) is 3.54. The molecule has 9 aromatic carbocycles. The van der Waals surface area contributed by atoms with Crippen LogP contribution in [0.15, 0.2) is 186 Å². The number of fused-ring (bicyclic) bond motifs is 6. The van der Waals surface area contributed by atoms with Gasteiger partial charge >= 0.3 is 0 Å². The van der Waals surface area contributed by atoms with Crippen LogP contribution in [0.3, 0.4) is 0 Å². The van der Waals surface area contributed by atoms with Crippen molar-refractivity contribution in [1.29, 1.82) is 0 Å². The van der Waals surface area contributed by atoms with Gasteiger partial charge in [0.1, 0.15) is 11.2 Å². The van der Waals surface area contributed by atoms with Crippen LogP contribution in [0.2, 0.25) is 0 Å². The van der Waals surface area contributed by atoms with Crippen molar-refractivity contribution in [3.63, 3.8) is 0 Å². The van der Waals surface area contributed by atoms with Gasteiger partial charge in [0.25, 0.3) is 0 Å². The van der Waals surface area contributed by atoms with E-state index in [9.17, 15) is 0 Å². The maximum absolute atomic E-state index is 6.52. The van der Waals surface area contributed by atoms with Crippen LogP contribution in [-0.4, -0.2) is 0 Å². The van der Waals surface area contributed by atoms with Crippen LogP contribution in [-0.2, 0) is 0 Å². The van der Waals surface area contributed by atoms with Crippen molar-refractivity contribution in [2.24, 2.45) is 0 Å². The Morgan fingerprint density at radius 2 is 0.755 bits per heavy atom. The molecule has 1 aromatic heterocycles. The minimum atomic E-state index is 0.910. The van der Waals surface area contributed by atoms with E-state index in [0.29, 0.717) is 0 Å². The second-order valence-corrected chi connectivity index (χ2v) is 12.8. The van der Waals surface area contributed by atoms with Crippen molar-refractivity contribution in [1.82, 2.24) is 0 Å². The Balaban J connectivity index is 1.16. The van der Waals surface area contributed by atoms with Crippen LogP contribution in [0.5, 0.6) is 0 Å². The smallest absolute Gasteiger partial charge is 0.136 e. The predicted octanol–water partition coefficient (Wildman–Crippen LogP) is 13.7. The lowest BCUT2D eigenvalue weighted by Gasteiger charge is -2.18. The van der Waals surface area contributed by atoms with E-state index in [-0.39, 0.29) is 0 Å². The summed E-state index contributed by atoms with van der Waals surface area (Å²) in [6.07, 6.45) is 0. The molecule has 0 saturated carbocycles. The van der Waals surface area contributed by atoms with Crippen molar-refractivity contribution in [3.05, 3.63) is 182 Å². The molecule has 49 heavy (non-hydrogen) atoms. The molecule has 0 aliphatic carbocycles. The fourth-order valence-electron chi connectivity index (χ4n) is 7.76. The molecular formula is C48H30O. The van der Waals surface area contributed by atoms with E-state index in [0.717, 1.165) is 21.9 Å². The molecule has 0 saturated heterocycles. The number of hydrogen-bond acceptors (Lipinski definition) is 1. The highest BCUT2D eigenvalue weighted by Crippen LogP contribution is 2.47. The van der Waals surface area contributed by atoms with Gasteiger partial charge in [-0.25, -0.2) is 0 Å². The SMILES string of the molecule is c1ccc(-c2ccc(-c3ccc(-c4c5ccccc5c(-c5cccc6oc7cc8ccccc8cc7c56)c5ccccc45)cc3)cc2)cc1. The maximum atomic E-state index is 6.52. The first-order valence-corrected chi connectivity index (χ1v) is 16.8. The van der Waals surface area contributed by atoms with E-state index in [4.69, 9.17) is 4.42 Å². The number of rotatable bonds is 4. The Hall–Kier alpha value is -6.44. The van der Waals surface area contributed by atoms with Gasteiger partial charge in [-0.2, -0.15) is 0 Å². The van der Waals surface area contributed by atoms with Gasteiger partial charge in [-0.05, 0) is 95.0 Å². The highest BCUT2D eigenvalue weighted by Gasteiger charge is 2.20. The first-order valence-electron chi connectivity index (χ1n) is 16.8. The molecule has 0 N–H and O–H groups in total. The van der Waals surface area contributed by atoms with Gasteiger partial charge in [0.2, 0.25) is 0 Å². The summed E-state index contributed by atoms with van der Waals surface area (Å²) in [5.74, 6) is 0. The Labute approximate surface area is 284 Å². The molecule has 0 unspecified atom stereocenters. The lowest BCUT2D eigenvalue weighted by molar-refractivity contribution is 0.669. The lowest BCUT2D eigenvalue weighted by atomic mass is 9.84. The molecule has 10 rings (SSSR count). The van der Waals surface area contributed by atoms with Crippen LogP contribution in [0, 0.1) is 0 Å². The van der Waals surface area contributed by atoms with E-state index in [1.807, 2.05) is 0 Å². The number of benzene rings is 9. The highest BCUT2D eigenvalue weighted by molar-refractivity contribution is 6.26. The summed E-state index contributed by atoms with van der Waals surface area (Å²) in [5.41, 5.74) is 11.6. The van der Waals surface area contributed by atoms with Gasteiger partial charge in [-0.3, -0.25) is 0 Å². The molecule has 0 aliphatic heterocycles. The summed E-state index contributed by atoms with van der Waals surface area (Å²) < 4.78 is 6.52. The zero-order chi connectivity index (χ0) is 32.3.